The van der Waals surface area contributed by atoms with Gasteiger partial charge in [0, 0.05) is 24.5 Å². The van der Waals surface area contributed by atoms with E-state index in [0.29, 0.717) is 23.9 Å². The summed E-state index contributed by atoms with van der Waals surface area (Å²) < 4.78 is 7.38. The third-order valence-electron chi connectivity index (χ3n) is 4.38. The highest BCUT2D eigenvalue weighted by Crippen LogP contribution is 2.35. The zero-order valence-corrected chi connectivity index (χ0v) is 16.7. The Balaban J connectivity index is 2.92. The highest BCUT2D eigenvalue weighted by atomic mass is 16.5. The summed E-state index contributed by atoms with van der Waals surface area (Å²) in [6.07, 6.45) is 0.430. The smallest absolute Gasteiger partial charge is 0.412 e. The number of pyridine rings is 1. The highest BCUT2D eigenvalue weighted by Gasteiger charge is 2.25. The third-order valence-corrected chi connectivity index (χ3v) is 4.38. The van der Waals surface area contributed by atoms with Crippen LogP contribution in [0.15, 0.2) is 23.0 Å². The minimum absolute atomic E-state index is 0.101. The maximum absolute atomic E-state index is 13.1. The van der Waals surface area contributed by atoms with E-state index in [9.17, 15) is 19.5 Å². The zero-order chi connectivity index (χ0) is 21.0. The number of hydrogen-bond donors (Lipinski definition) is 2. The van der Waals surface area contributed by atoms with E-state index < -0.39 is 12.0 Å². The van der Waals surface area contributed by atoms with Crippen molar-refractivity contribution in [2.24, 2.45) is 11.7 Å². The Morgan fingerprint density at radius 1 is 1.29 bits per heavy atom. The number of fused-ring (bicyclic) bond motifs is 1. The maximum Gasteiger partial charge on any atom is 0.412 e. The van der Waals surface area contributed by atoms with Gasteiger partial charge in [-0.15, -0.1) is 0 Å². The first kappa shape index (κ1) is 21.3. The van der Waals surface area contributed by atoms with Crippen LogP contribution in [0, 0.1) is 5.92 Å². The van der Waals surface area contributed by atoms with Crippen LogP contribution in [0.2, 0.25) is 0 Å². The van der Waals surface area contributed by atoms with Gasteiger partial charge in [0.25, 0.3) is 5.56 Å². The van der Waals surface area contributed by atoms with Crippen LogP contribution in [0.1, 0.15) is 44.0 Å². The Hall–Kier alpha value is -3.03. The second-order valence-corrected chi connectivity index (χ2v) is 7.13. The lowest BCUT2D eigenvalue weighted by Gasteiger charge is -2.25. The molecule has 1 heterocycles. The number of carbonyl (C=O) groups is 2. The lowest BCUT2D eigenvalue weighted by Crippen LogP contribution is -2.34. The highest BCUT2D eigenvalue weighted by molar-refractivity contribution is 6.01. The van der Waals surface area contributed by atoms with E-state index in [1.807, 2.05) is 20.8 Å². The molecule has 3 N–H and O–H groups in total. The molecule has 2 aromatic rings. The van der Waals surface area contributed by atoms with Gasteiger partial charge in [-0.2, -0.15) is 0 Å². The fourth-order valence-corrected chi connectivity index (χ4v) is 2.98. The number of primary amides is 1. The van der Waals surface area contributed by atoms with Crippen LogP contribution in [0.25, 0.3) is 10.8 Å². The van der Waals surface area contributed by atoms with Crippen LogP contribution in [0.3, 0.4) is 0 Å². The topological polar surface area (TPSA) is 115 Å². The average Bonchev–Trinajstić information content (AvgIpc) is 2.63. The van der Waals surface area contributed by atoms with E-state index in [-0.39, 0.29) is 28.6 Å². The average molecular weight is 389 g/mol. The Bertz CT molecular complexity index is 949. The fraction of sp³-hybridized carbons (Fsp3) is 0.450. The van der Waals surface area contributed by atoms with Gasteiger partial charge < -0.3 is 15.6 Å². The molecule has 1 aromatic carbocycles. The molecular weight excluding hydrogens is 362 g/mol. The number of rotatable bonds is 8. The SMILES string of the molecule is CCCCOc1c(N(C)C(=O)O)n(CC(C)C)c(=O)c2ccc(C(N)=O)cc12. The fourth-order valence-electron chi connectivity index (χ4n) is 2.98. The standard InChI is InChI=1S/C20H27N3O5/c1-5-6-9-28-16-15-10-13(17(21)24)7-8-14(15)19(25)23(11-12(2)3)18(16)22(4)20(26)27/h7-8,10,12H,5-6,9,11H2,1-4H3,(H2,21,24)(H,26,27). The number of amides is 2. The van der Waals surface area contributed by atoms with Crippen molar-refractivity contribution < 1.29 is 19.4 Å². The number of unbranched alkanes of at least 4 members (excludes halogenated alkanes) is 1. The Labute approximate surface area is 163 Å². The van der Waals surface area contributed by atoms with Crippen molar-refractivity contribution in [1.82, 2.24) is 4.57 Å². The van der Waals surface area contributed by atoms with Crippen molar-refractivity contribution >= 4 is 28.6 Å². The Kier molecular flexibility index (Phi) is 6.66. The second kappa shape index (κ2) is 8.77. The Morgan fingerprint density at radius 3 is 2.50 bits per heavy atom. The van der Waals surface area contributed by atoms with Crippen molar-refractivity contribution in [3.05, 3.63) is 34.1 Å². The van der Waals surface area contributed by atoms with Crippen molar-refractivity contribution in [1.29, 1.82) is 0 Å². The Morgan fingerprint density at radius 2 is 1.96 bits per heavy atom. The third kappa shape index (κ3) is 4.27. The lowest BCUT2D eigenvalue weighted by molar-refractivity contribution is 0.100. The number of nitrogens with zero attached hydrogens (tertiary/aromatic N) is 2. The molecule has 0 aliphatic carbocycles. The number of carbonyl (C=O) groups excluding carboxylic acids is 1. The summed E-state index contributed by atoms with van der Waals surface area (Å²) in [7, 11) is 1.37. The van der Waals surface area contributed by atoms with E-state index in [2.05, 4.69) is 0 Å². The molecule has 2 amide bonds. The van der Waals surface area contributed by atoms with Crippen LogP contribution in [0.5, 0.6) is 5.75 Å². The van der Waals surface area contributed by atoms with Gasteiger partial charge in [-0.25, -0.2) is 4.79 Å². The van der Waals surface area contributed by atoms with Gasteiger partial charge in [0.1, 0.15) is 0 Å². The van der Waals surface area contributed by atoms with Crippen LogP contribution in [-0.2, 0) is 6.54 Å². The van der Waals surface area contributed by atoms with Gasteiger partial charge in [0.2, 0.25) is 5.91 Å². The molecule has 0 radical (unpaired) electrons. The van der Waals surface area contributed by atoms with Crippen LogP contribution in [-0.4, -0.2) is 35.3 Å². The molecule has 28 heavy (non-hydrogen) atoms. The number of hydrogen-bond acceptors (Lipinski definition) is 4. The van der Waals surface area contributed by atoms with Gasteiger partial charge in [-0.1, -0.05) is 27.2 Å². The van der Waals surface area contributed by atoms with Crippen LogP contribution in [0.4, 0.5) is 10.6 Å². The number of benzene rings is 1. The monoisotopic (exact) mass is 389 g/mol. The van der Waals surface area contributed by atoms with Crippen molar-refractivity contribution in [3.63, 3.8) is 0 Å². The largest absolute Gasteiger partial charge is 0.489 e. The quantitative estimate of drug-likeness (QED) is 0.673. The summed E-state index contributed by atoms with van der Waals surface area (Å²) in [6.45, 7) is 6.57. The molecule has 152 valence electrons. The minimum atomic E-state index is -1.22. The summed E-state index contributed by atoms with van der Waals surface area (Å²) in [5.74, 6) is -0.126. The maximum atomic E-state index is 13.1. The predicted octanol–water partition coefficient (Wildman–Crippen LogP) is 3.05. The zero-order valence-electron chi connectivity index (χ0n) is 16.7. The second-order valence-electron chi connectivity index (χ2n) is 7.13. The van der Waals surface area contributed by atoms with Gasteiger partial charge in [-0.3, -0.25) is 19.1 Å². The molecule has 0 aliphatic rings. The molecule has 0 aliphatic heterocycles. The molecule has 2 rings (SSSR count). The normalized spacial score (nSPS) is 11.0. The van der Waals surface area contributed by atoms with Crippen molar-refractivity contribution in [2.75, 3.05) is 18.6 Å². The summed E-state index contributed by atoms with van der Waals surface area (Å²) in [5.41, 5.74) is 5.27. The van der Waals surface area contributed by atoms with Gasteiger partial charge in [0.15, 0.2) is 11.6 Å². The molecule has 0 fully saturated rings. The molecule has 8 nitrogen and oxygen atoms in total. The van der Waals surface area contributed by atoms with Crippen LogP contribution < -0.4 is 20.9 Å². The predicted molar refractivity (Wildman–Crippen MR) is 108 cm³/mol. The van der Waals surface area contributed by atoms with Crippen LogP contribution >= 0.6 is 0 Å². The molecule has 0 saturated carbocycles. The molecule has 0 spiro atoms. The van der Waals surface area contributed by atoms with Gasteiger partial charge >= 0.3 is 6.09 Å². The molecule has 1 aromatic heterocycles. The van der Waals surface area contributed by atoms with E-state index in [1.165, 1.54) is 29.8 Å². The summed E-state index contributed by atoms with van der Waals surface area (Å²) >= 11 is 0. The summed E-state index contributed by atoms with van der Waals surface area (Å²) in [4.78, 5) is 37.5. The first-order valence-electron chi connectivity index (χ1n) is 9.28. The van der Waals surface area contributed by atoms with E-state index in [4.69, 9.17) is 10.5 Å². The molecule has 8 heteroatoms. The first-order valence-corrected chi connectivity index (χ1v) is 9.28. The number of carboxylic acid groups (broad SMARTS) is 1. The first-order chi connectivity index (χ1) is 13.2. The lowest BCUT2D eigenvalue weighted by atomic mass is 10.1. The van der Waals surface area contributed by atoms with Crippen molar-refractivity contribution in [2.45, 2.75) is 40.2 Å². The van der Waals surface area contributed by atoms with E-state index >= 15 is 0 Å². The van der Waals surface area contributed by atoms with Gasteiger partial charge in [0.05, 0.1) is 12.0 Å². The minimum Gasteiger partial charge on any atom is -0.489 e. The number of aromatic nitrogens is 1. The van der Waals surface area contributed by atoms with Gasteiger partial charge in [-0.05, 0) is 30.5 Å². The number of anilines is 1. The van der Waals surface area contributed by atoms with E-state index in [1.54, 1.807) is 0 Å². The molecule has 0 unspecified atom stereocenters. The summed E-state index contributed by atoms with van der Waals surface area (Å²) in [5, 5.41) is 10.3. The molecular formula is C20H27N3O5. The molecule has 0 saturated heterocycles. The van der Waals surface area contributed by atoms with Crippen molar-refractivity contribution in [3.8, 4) is 5.75 Å². The van der Waals surface area contributed by atoms with E-state index in [0.717, 1.165) is 17.7 Å². The summed E-state index contributed by atoms with van der Waals surface area (Å²) in [6, 6.07) is 4.51. The number of nitrogens with two attached hydrogens (primary N) is 1. The molecule has 0 atom stereocenters. The molecule has 0 bridgehead atoms. The number of ether oxygens (including phenoxy) is 1.